The molecule has 24 heavy (non-hydrogen) atoms. The summed E-state index contributed by atoms with van der Waals surface area (Å²) in [6, 6.07) is 5.59. The lowest BCUT2D eigenvalue weighted by atomic mass is 10.3. The minimum Gasteiger partial charge on any atom is -0.435 e. The summed E-state index contributed by atoms with van der Waals surface area (Å²) in [4.78, 5) is 23.5. The number of nitrogens with zero attached hydrogens (tertiary/aromatic N) is 2. The molecular weight excluding hydrogens is 342 g/mol. The first kappa shape index (κ1) is 18.0. The number of hydrogen-bond donors (Lipinski definition) is 2. The van der Waals surface area contributed by atoms with Gasteiger partial charge >= 0.3 is 12.3 Å². The number of hydrogen-bond acceptors (Lipinski definition) is 5. The normalized spacial score (nSPS) is 10.8. The summed E-state index contributed by atoms with van der Waals surface area (Å²) >= 11 is 1.13. The van der Waals surface area contributed by atoms with Crippen LogP contribution in [0.2, 0.25) is 0 Å². The number of benzene rings is 1. The van der Waals surface area contributed by atoms with Crippen molar-refractivity contribution in [3.8, 4) is 5.75 Å². The van der Waals surface area contributed by atoms with Gasteiger partial charge in [0.2, 0.25) is 5.91 Å². The number of amides is 1. The summed E-state index contributed by atoms with van der Waals surface area (Å²) in [7, 11) is 0. The largest absolute Gasteiger partial charge is 0.435 e. The van der Waals surface area contributed by atoms with E-state index in [2.05, 4.69) is 20.3 Å². The van der Waals surface area contributed by atoms with Crippen LogP contribution in [0.25, 0.3) is 0 Å². The summed E-state index contributed by atoms with van der Waals surface area (Å²) < 4.78 is 29.8. The standard InChI is InChI=1S/C14H16F2N4O3S/c1-2-7-20-13(22)18-19-14(20)24-8-11(21)17-9-3-5-10(6-4-9)23-12(15)16/h3-6,12H,2,7-8H2,1H3,(H,17,21)(H,18,22). The Morgan fingerprint density at radius 1 is 1.42 bits per heavy atom. The molecule has 0 aliphatic carbocycles. The van der Waals surface area contributed by atoms with E-state index in [0.717, 1.165) is 18.2 Å². The molecule has 7 nitrogen and oxygen atoms in total. The quantitative estimate of drug-likeness (QED) is 0.707. The van der Waals surface area contributed by atoms with Gasteiger partial charge in [0.1, 0.15) is 5.75 Å². The van der Waals surface area contributed by atoms with Gasteiger partial charge in [0.15, 0.2) is 5.16 Å². The van der Waals surface area contributed by atoms with Crippen LogP contribution in [0, 0.1) is 0 Å². The van der Waals surface area contributed by atoms with Crippen molar-refractivity contribution in [1.29, 1.82) is 0 Å². The predicted octanol–water partition coefficient (Wildman–Crippen LogP) is 2.31. The number of aromatic amines is 1. The molecule has 0 bridgehead atoms. The Kier molecular flexibility index (Phi) is 6.36. The molecule has 1 heterocycles. The minimum atomic E-state index is -2.89. The van der Waals surface area contributed by atoms with Crippen molar-refractivity contribution in [2.24, 2.45) is 0 Å². The van der Waals surface area contributed by atoms with Crippen molar-refractivity contribution in [2.45, 2.75) is 31.7 Å². The van der Waals surface area contributed by atoms with Gasteiger partial charge in [-0.1, -0.05) is 18.7 Å². The summed E-state index contributed by atoms with van der Waals surface area (Å²) in [5.74, 6) is -0.234. The van der Waals surface area contributed by atoms with E-state index in [1.54, 1.807) is 0 Å². The van der Waals surface area contributed by atoms with Gasteiger partial charge in [-0.25, -0.2) is 9.89 Å². The second kappa shape index (κ2) is 8.48. The molecule has 1 aromatic carbocycles. The third-order valence-corrected chi connectivity index (χ3v) is 3.84. The molecule has 0 fully saturated rings. The fourth-order valence-electron chi connectivity index (χ4n) is 1.88. The van der Waals surface area contributed by atoms with Gasteiger partial charge in [0, 0.05) is 12.2 Å². The van der Waals surface area contributed by atoms with Gasteiger partial charge in [-0.15, -0.1) is 5.10 Å². The number of halogens is 2. The Morgan fingerprint density at radius 2 is 2.12 bits per heavy atom. The van der Waals surface area contributed by atoms with Crippen LogP contribution in [0.5, 0.6) is 5.75 Å². The molecule has 0 spiro atoms. The summed E-state index contributed by atoms with van der Waals surface area (Å²) in [6.07, 6.45) is 0.770. The average Bonchev–Trinajstić information content (AvgIpc) is 2.88. The molecule has 2 rings (SSSR count). The molecular formula is C14H16F2N4O3S. The molecule has 0 saturated heterocycles. The minimum absolute atomic E-state index is 0.0116. The van der Waals surface area contributed by atoms with E-state index in [4.69, 9.17) is 0 Å². The number of alkyl halides is 2. The number of thioether (sulfide) groups is 1. The number of ether oxygens (including phenoxy) is 1. The summed E-state index contributed by atoms with van der Waals surface area (Å²) in [5, 5.41) is 9.29. The highest BCUT2D eigenvalue weighted by atomic mass is 32.2. The van der Waals surface area contributed by atoms with Crippen LogP contribution in [0.15, 0.2) is 34.2 Å². The van der Waals surface area contributed by atoms with Crippen molar-refractivity contribution in [1.82, 2.24) is 14.8 Å². The fourth-order valence-corrected chi connectivity index (χ4v) is 2.65. The number of nitrogens with one attached hydrogen (secondary N) is 2. The van der Waals surface area contributed by atoms with Crippen LogP contribution >= 0.6 is 11.8 Å². The first-order chi connectivity index (χ1) is 11.5. The van der Waals surface area contributed by atoms with Crippen molar-refractivity contribution in [3.05, 3.63) is 34.7 Å². The molecule has 2 aromatic rings. The Hall–Kier alpha value is -2.36. The highest BCUT2D eigenvalue weighted by Crippen LogP contribution is 2.19. The summed E-state index contributed by atoms with van der Waals surface area (Å²) in [5.41, 5.74) is 0.143. The molecule has 1 amide bonds. The number of carbonyl (C=O) groups is 1. The second-order valence-electron chi connectivity index (χ2n) is 4.70. The van der Waals surface area contributed by atoms with E-state index < -0.39 is 6.61 Å². The lowest BCUT2D eigenvalue weighted by Crippen LogP contribution is -2.18. The number of anilines is 1. The lowest BCUT2D eigenvalue weighted by Gasteiger charge is -2.07. The molecule has 0 aliphatic heterocycles. The Labute approximate surface area is 140 Å². The Bertz CT molecular complexity index is 730. The van der Waals surface area contributed by atoms with Crippen LogP contribution in [0.4, 0.5) is 14.5 Å². The van der Waals surface area contributed by atoms with E-state index >= 15 is 0 Å². The van der Waals surface area contributed by atoms with Gasteiger partial charge in [-0.2, -0.15) is 8.78 Å². The summed E-state index contributed by atoms with van der Waals surface area (Å²) in [6.45, 7) is -0.441. The maximum absolute atomic E-state index is 12.1. The van der Waals surface area contributed by atoms with Crippen molar-refractivity contribution in [2.75, 3.05) is 11.1 Å². The first-order valence-corrected chi connectivity index (χ1v) is 8.11. The number of H-pyrrole nitrogens is 1. The first-order valence-electron chi connectivity index (χ1n) is 7.12. The topological polar surface area (TPSA) is 89.0 Å². The Balaban J connectivity index is 1.88. The molecule has 0 saturated carbocycles. The van der Waals surface area contributed by atoms with Gasteiger partial charge in [-0.05, 0) is 30.7 Å². The highest BCUT2D eigenvalue weighted by molar-refractivity contribution is 7.99. The zero-order valence-electron chi connectivity index (χ0n) is 12.8. The molecule has 130 valence electrons. The molecule has 0 aliphatic rings. The van der Waals surface area contributed by atoms with E-state index in [9.17, 15) is 18.4 Å². The maximum atomic E-state index is 12.1. The third kappa shape index (κ3) is 5.08. The number of rotatable bonds is 8. The van der Waals surface area contributed by atoms with Gasteiger partial charge < -0.3 is 10.1 Å². The van der Waals surface area contributed by atoms with E-state index in [-0.39, 0.29) is 23.1 Å². The van der Waals surface area contributed by atoms with Crippen LogP contribution in [0.1, 0.15) is 13.3 Å². The second-order valence-corrected chi connectivity index (χ2v) is 5.65. The van der Waals surface area contributed by atoms with Crippen LogP contribution < -0.4 is 15.7 Å². The molecule has 0 unspecified atom stereocenters. The zero-order valence-corrected chi connectivity index (χ0v) is 13.6. The van der Waals surface area contributed by atoms with E-state index in [1.165, 1.54) is 28.8 Å². The third-order valence-electron chi connectivity index (χ3n) is 2.87. The van der Waals surface area contributed by atoms with Crippen LogP contribution in [0.3, 0.4) is 0 Å². The van der Waals surface area contributed by atoms with Gasteiger partial charge in [0.05, 0.1) is 5.75 Å². The van der Waals surface area contributed by atoms with Crippen LogP contribution in [-0.2, 0) is 11.3 Å². The average molecular weight is 358 g/mol. The monoisotopic (exact) mass is 358 g/mol. The molecule has 0 radical (unpaired) electrons. The number of carbonyl (C=O) groups excluding carboxylic acids is 1. The number of aromatic nitrogens is 3. The zero-order chi connectivity index (χ0) is 17.5. The van der Waals surface area contributed by atoms with Gasteiger partial charge in [0.25, 0.3) is 0 Å². The lowest BCUT2D eigenvalue weighted by molar-refractivity contribution is -0.113. The highest BCUT2D eigenvalue weighted by Gasteiger charge is 2.11. The van der Waals surface area contributed by atoms with Gasteiger partial charge in [-0.3, -0.25) is 9.36 Å². The van der Waals surface area contributed by atoms with Crippen LogP contribution in [-0.4, -0.2) is 33.0 Å². The Morgan fingerprint density at radius 3 is 2.75 bits per heavy atom. The maximum Gasteiger partial charge on any atom is 0.387 e. The van der Waals surface area contributed by atoms with Crippen molar-refractivity contribution < 1.29 is 18.3 Å². The predicted molar refractivity (Wildman–Crippen MR) is 85.6 cm³/mol. The molecule has 2 N–H and O–H groups in total. The van der Waals surface area contributed by atoms with Crippen molar-refractivity contribution >= 4 is 23.4 Å². The SMILES string of the molecule is CCCn1c(SCC(=O)Nc2ccc(OC(F)F)cc2)n[nH]c1=O. The molecule has 1 aromatic heterocycles. The molecule has 0 atom stereocenters. The smallest absolute Gasteiger partial charge is 0.387 e. The van der Waals surface area contributed by atoms with E-state index in [0.29, 0.717) is 17.4 Å². The fraction of sp³-hybridized carbons (Fsp3) is 0.357. The van der Waals surface area contributed by atoms with Crippen molar-refractivity contribution in [3.63, 3.8) is 0 Å². The molecule has 10 heteroatoms. The van der Waals surface area contributed by atoms with E-state index in [1.807, 2.05) is 6.92 Å².